The summed E-state index contributed by atoms with van der Waals surface area (Å²) >= 11 is 0. The number of ether oxygens (including phenoxy) is 1. The largest absolute Gasteiger partial charge is 0.381 e. The summed E-state index contributed by atoms with van der Waals surface area (Å²) < 4.78 is 5.27. The number of hydrogen-bond donors (Lipinski definition) is 0. The Kier molecular flexibility index (Phi) is 4.66. The quantitative estimate of drug-likeness (QED) is 0.641. The maximum atomic E-state index is 11.4. The number of allylic oxidation sites excluding steroid dienone is 1. The van der Waals surface area contributed by atoms with E-state index >= 15 is 0 Å². The molecule has 0 unspecified atom stereocenters. The Balaban J connectivity index is 2.31. The highest BCUT2D eigenvalue weighted by molar-refractivity contribution is 5.87. The molecule has 0 aliphatic carbocycles. The van der Waals surface area contributed by atoms with Crippen LogP contribution in [-0.4, -0.2) is 37.6 Å². The summed E-state index contributed by atoms with van der Waals surface area (Å²) in [4.78, 5) is 13.2. The highest BCUT2D eigenvalue weighted by Gasteiger charge is 2.17. The van der Waals surface area contributed by atoms with Gasteiger partial charge in [0.1, 0.15) is 0 Å². The van der Waals surface area contributed by atoms with Crippen molar-refractivity contribution in [2.75, 3.05) is 26.8 Å². The van der Waals surface area contributed by atoms with Gasteiger partial charge in [-0.15, -0.1) is 0 Å². The molecule has 0 aromatic heterocycles. The predicted octanol–water partition coefficient (Wildman–Crippen LogP) is 1.45. The molecule has 0 radical (unpaired) electrons. The van der Waals surface area contributed by atoms with Crippen molar-refractivity contribution in [1.29, 1.82) is 0 Å². The average Bonchev–Trinajstić information content (AvgIpc) is 2.19. The van der Waals surface area contributed by atoms with Crippen molar-refractivity contribution in [2.45, 2.75) is 19.8 Å². The fraction of sp³-hybridized carbons (Fsp3) is 0.727. The SMILES string of the molecule is CC=CC(=O)N(C)CC1CCOCC1. The maximum absolute atomic E-state index is 11.4. The molecule has 0 aromatic carbocycles. The van der Waals surface area contributed by atoms with E-state index < -0.39 is 0 Å². The minimum Gasteiger partial charge on any atom is -0.381 e. The average molecular weight is 197 g/mol. The summed E-state index contributed by atoms with van der Waals surface area (Å²) in [5, 5.41) is 0. The molecule has 1 aliphatic heterocycles. The second-order valence-electron chi connectivity index (χ2n) is 3.77. The molecule has 1 fully saturated rings. The van der Waals surface area contributed by atoms with Crippen molar-refractivity contribution in [3.8, 4) is 0 Å². The van der Waals surface area contributed by atoms with Crippen LogP contribution in [0.2, 0.25) is 0 Å². The molecule has 1 rings (SSSR count). The molecule has 3 nitrogen and oxygen atoms in total. The maximum Gasteiger partial charge on any atom is 0.245 e. The van der Waals surface area contributed by atoms with Crippen LogP contribution in [0.4, 0.5) is 0 Å². The third-order valence-corrected chi connectivity index (χ3v) is 2.56. The Morgan fingerprint density at radius 2 is 2.14 bits per heavy atom. The molecule has 0 spiro atoms. The fourth-order valence-electron chi connectivity index (χ4n) is 1.68. The number of amides is 1. The molecule has 0 aromatic rings. The lowest BCUT2D eigenvalue weighted by Crippen LogP contribution is -2.33. The van der Waals surface area contributed by atoms with Gasteiger partial charge in [0, 0.05) is 26.8 Å². The van der Waals surface area contributed by atoms with Gasteiger partial charge in [0.2, 0.25) is 5.91 Å². The Bertz CT molecular complexity index is 207. The van der Waals surface area contributed by atoms with E-state index in [2.05, 4.69) is 0 Å². The molecule has 1 amide bonds. The summed E-state index contributed by atoms with van der Waals surface area (Å²) in [7, 11) is 1.86. The summed E-state index contributed by atoms with van der Waals surface area (Å²) in [6.45, 7) is 4.40. The Labute approximate surface area is 85.7 Å². The summed E-state index contributed by atoms with van der Waals surface area (Å²) in [5.41, 5.74) is 0. The first kappa shape index (κ1) is 11.2. The molecule has 0 atom stereocenters. The highest BCUT2D eigenvalue weighted by atomic mass is 16.5. The number of hydrogen-bond acceptors (Lipinski definition) is 2. The van der Waals surface area contributed by atoms with Crippen LogP contribution in [0.25, 0.3) is 0 Å². The summed E-state index contributed by atoms with van der Waals surface area (Å²) in [5.74, 6) is 0.710. The topological polar surface area (TPSA) is 29.5 Å². The van der Waals surface area contributed by atoms with Crippen LogP contribution in [0.15, 0.2) is 12.2 Å². The van der Waals surface area contributed by atoms with Crippen molar-refractivity contribution in [3.63, 3.8) is 0 Å². The van der Waals surface area contributed by atoms with E-state index in [1.54, 1.807) is 17.1 Å². The van der Waals surface area contributed by atoms with E-state index in [1.165, 1.54) is 0 Å². The first-order valence-electron chi connectivity index (χ1n) is 5.19. The van der Waals surface area contributed by atoms with E-state index in [1.807, 2.05) is 14.0 Å². The van der Waals surface area contributed by atoms with Gasteiger partial charge in [-0.1, -0.05) is 6.08 Å². The molecular formula is C11H19NO2. The molecule has 80 valence electrons. The van der Waals surface area contributed by atoms with Crippen molar-refractivity contribution >= 4 is 5.91 Å². The second-order valence-corrected chi connectivity index (χ2v) is 3.77. The van der Waals surface area contributed by atoms with Gasteiger partial charge in [-0.3, -0.25) is 4.79 Å². The lowest BCUT2D eigenvalue weighted by molar-refractivity contribution is -0.125. The number of carbonyl (C=O) groups is 1. The van der Waals surface area contributed by atoms with Gasteiger partial charge in [-0.25, -0.2) is 0 Å². The van der Waals surface area contributed by atoms with Gasteiger partial charge in [-0.05, 0) is 31.8 Å². The molecule has 3 heteroatoms. The normalized spacial score (nSPS) is 18.7. The van der Waals surface area contributed by atoms with E-state index in [-0.39, 0.29) is 5.91 Å². The van der Waals surface area contributed by atoms with Gasteiger partial charge in [-0.2, -0.15) is 0 Å². The first-order valence-corrected chi connectivity index (χ1v) is 5.19. The number of likely N-dealkylation sites (N-methyl/N-ethyl adjacent to an activating group) is 1. The van der Waals surface area contributed by atoms with Gasteiger partial charge in [0.25, 0.3) is 0 Å². The molecule has 0 saturated carbocycles. The molecule has 1 aliphatic rings. The van der Waals surface area contributed by atoms with Crippen LogP contribution in [0.1, 0.15) is 19.8 Å². The molecule has 1 saturated heterocycles. The molecule has 0 N–H and O–H groups in total. The molecular weight excluding hydrogens is 178 g/mol. The summed E-state index contributed by atoms with van der Waals surface area (Å²) in [6, 6.07) is 0. The van der Waals surface area contributed by atoms with E-state index in [0.29, 0.717) is 5.92 Å². The first-order chi connectivity index (χ1) is 6.74. The van der Waals surface area contributed by atoms with E-state index in [9.17, 15) is 4.79 Å². The minimum absolute atomic E-state index is 0.0963. The standard InChI is InChI=1S/C11H19NO2/c1-3-4-11(13)12(2)9-10-5-7-14-8-6-10/h3-4,10H,5-9H2,1-2H3. The predicted molar refractivity (Wildman–Crippen MR) is 56.0 cm³/mol. The molecule has 1 heterocycles. The van der Waals surface area contributed by atoms with Crippen molar-refractivity contribution in [1.82, 2.24) is 4.90 Å². The summed E-state index contributed by atoms with van der Waals surface area (Å²) in [6.07, 6.45) is 5.54. The van der Waals surface area contributed by atoms with Crippen LogP contribution in [-0.2, 0) is 9.53 Å². The molecule has 14 heavy (non-hydrogen) atoms. The van der Waals surface area contributed by atoms with Crippen LogP contribution in [0, 0.1) is 5.92 Å². The Morgan fingerprint density at radius 3 is 2.71 bits per heavy atom. The zero-order valence-electron chi connectivity index (χ0n) is 9.03. The van der Waals surface area contributed by atoms with Crippen molar-refractivity contribution in [3.05, 3.63) is 12.2 Å². The Morgan fingerprint density at radius 1 is 1.50 bits per heavy atom. The van der Waals surface area contributed by atoms with Crippen LogP contribution in [0.5, 0.6) is 0 Å². The van der Waals surface area contributed by atoms with Crippen molar-refractivity contribution < 1.29 is 9.53 Å². The van der Waals surface area contributed by atoms with Gasteiger partial charge in [0.05, 0.1) is 0 Å². The van der Waals surface area contributed by atoms with Gasteiger partial charge >= 0.3 is 0 Å². The fourth-order valence-corrected chi connectivity index (χ4v) is 1.68. The number of nitrogens with zero attached hydrogens (tertiary/aromatic N) is 1. The second kappa shape index (κ2) is 5.81. The highest BCUT2D eigenvalue weighted by Crippen LogP contribution is 2.15. The zero-order chi connectivity index (χ0) is 10.4. The van der Waals surface area contributed by atoms with E-state index in [4.69, 9.17) is 4.74 Å². The smallest absolute Gasteiger partial charge is 0.245 e. The van der Waals surface area contributed by atoms with Crippen molar-refractivity contribution in [2.24, 2.45) is 5.92 Å². The zero-order valence-corrected chi connectivity index (χ0v) is 9.03. The third kappa shape index (κ3) is 3.50. The van der Waals surface area contributed by atoms with Gasteiger partial charge in [0.15, 0.2) is 0 Å². The lowest BCUT2D eigenvalue weighted by Gasteiger charge is -2.26. The molecule has 0 bridgehead atoms. The van der Waals surface area contributed by atoms with E-state index in [0.717, 1.165) is 32.6 Å². The number of rotatable bonds is 3. The number of carbonyl (C=O) groups excluding carboxylic acids is 1. The minimum atomic E-state index is 0.0963. The lowest BCUT2D eigenvalue weighted by atomic mass is 10.00. The van der Waals surface area contributed by atoms with Crippen LogP contribution in [0.3, 0.4) is 0 Å². The van der Waals surface area contributed by atoms with Crippen LogP contribution < -0.4 is 0 Å². The van der Waals surface area contributed by atoms with Crippen LogP contribution >= 0.6 is 0 Å². The Hall–Kier alpha value is -0.830. The van der Waals surface area contributed by atoms with Gasteiger partial charge < -0.3 is 9.64 Å². The monoisotopic (exact) mass is 197 g/mol. The third-order valence-electron chi connectivity index (χ3n) is 2.56.